The molecule has 1 aromatic heterocycles. The van der Waals surface area contributed by atoms with Gasteiger partial charge in [0.15, 0.2) is 5.96 Å². The second-order valence-electron chi connectivity index (χ2n) is 6.28. The van der Waals surface area contributed by atoms with E-state index >= 15 is 0 Å². The summed E-state index contributed by atoms with van der Waals surface area (Å²) in [6.45, 7) is 4.08. The maximum Gasteiger partial charge on any atom is 0.191 e. The van der Waals surface area contributed by atoms with Crippen molar-refractivity contribution >= 4 is 5.96 Å². The van der Waals surface area contributed by atoms with Crippen molar-refractivity contribution in [2.24, 2.45) is 4.99 Å². The molecule has 3 aromatic rings. The Morgan fingerprint density at radius 2 is 1.86 bits per heavy atom. The molecule has 0 amide bonds. The zero-order chi connectivity index (χ0) is 19.6. The zero-order valence-corrected chi connectivity index (χ0v) is 16.4. The molecule has 0 bridgehead atoms. The fourth-order valence-corrected chi connectivity index (χ4v) is 2.90. The van der Waals surface area contributed by atoms with Gasteiger partial charge in [-0.3, -0.25) is 4.98 Å². The first-order chi connectivity index (χ1) is 13.8. The van der Waals surface area contributed by atoms with Crippen LogP contribution in [0.15, 0.2) is 77.9 Å². The van der Waals surface area contributed by atoms with Crippen LogP contribution in [0.1, 0.15) is 18.1 Å². The number of hydrogen-bond acceptors (Lipinski definition) is 3. The third kappa shape index (κ3) is 5.33. The summed E-state index contributed by atoms with van der Waals surface area (Å²) in [7, 11) is 1.69. The molecule has 28 heavy (non-hydrogen) atoms. The lowest BCUT2D eigenvalue weighted by molar-refractivity contribution is 0.409. The van der Waals surface area contributed by atoms with E-state index in [1.54, 1.807) is 7.11 Å². The maximum absolute atomic E-state index is 5.42. The molecule has 3 rings (SSSR count). The summed E-state index contributed by atoms with van der Waals surface area (Å²) in [5.41, 5.74) is 4.29. The zero-order valence-electron chi connectivity index (χ0n) is 16.4. The van der Waals surface area contributed by atoms with Crippen molar-refractivity contribution in [2.75, 3.05) is 13.7 Å². The molecular weight excluding hydrogens is 348 g/mol. The van der Waals surface area contributed by atoms with Crippen LogP contribution in [-0.4, -0.2) is 24.6 Å². The summed E-state index contributed by atoms with van der Waals surface area (Å²) in [6.07, 6.45) is 1.81. The number of nitrogens with zero attached hydrogens (tertiary/aromatic N) is 2. The standard InChI is InChI=1S/C23H26N4O/c1-3-24-23(27-17-20-10-4-5-13-22(20)28-2)26-16-18-9-8-11-19(15-18)21-12-6-7-14-25-21/h4-15H,3,16-17H2,1-2H3,(H2,24,26,27). The van der Waals surface area contributed by atoms with E-state index in [1.165, 1.54) is 0 Å². The minimum atomic E-state index is 0.585. The topological polar surface area (TPSA) is 58.5 Å². The molecule has 5 heteroatoms. The average Bonchev–Trinajstić information content (AvgIpc) is 2.76. The number of methoxy groups -OCH3 is 1. The quantitative estimate of drug-likeness (QED) is 0.485. The number of guanidine groups is 1. The minimum absolute atomic E-state index is 0.585. The molecule has 0 fully saturated rings. The van der Waals surface area contributed by atoms with Crippen molar-refractivity contribution in [3.8, 4) is 17.0 Å². The highest BCUT2D eigenvalue weighted by Crippen LogP contribution is 2.18. The number of para-hydroxylation sites is 1. The largest absolute Gasteiger partial charge is 0.496 e. The molecule has 1 heterocycles. The maximum atomic E-state index is 5.42. The van der Waals surface area contributed by atoms with E-state index in [0.717, 1.165) is 40.6 Å². The lowest BCUT2D eigenvalue weighted by Crippen LogP contribution is -2.36. The van der Waals surface area contributed by atoms with Crippen LogP contribution in [0.2, 0.25) is 0 Å². The number of ether oxygens (including phenoxy) is 1. The van der Waals surface area contributed by atoms with Gasteiger partial charge in [0.2, 0.25) is 0 Å². The van der Waals surface area contributed by atoms with Crippen LogP contribution in [0.5, 0.6) is 5.75 Å². The predicted octanol–water partition coefficient (Wildman–Crippen LogP) is 4.01. The lowest BCUT2D eigenvalue weighted by Gasteiger charge is -2.13. The number of hydrogen-bond donors (Lipinski definition) is 2. The molecule has 0 aliphatic heterocycles. The number of aliphatic imine (C=N–C) groups is 1. The van der Waals surface area contributed by atoms with E-state index < -0.39 is 0 Å². The van der Waals surface area contributed by atoms with Gasteiger partial charge in [0.1, 0.15) is 5.75 Å². The molecule has 0 aliphatic carbocycles. The summed E-state index contributed by atoms with van der Waals surface area (Å²) in [6, 6.07) is 22.3. The highest BCUT2D eigenvalue weighted by Gasteiger charge is 2.04. The third-order valence-corrected chi connectivity index (χ3v) is 4.29. The molecule has 144 valence electrons. The van der Waals surface area contributed by atoms with Crippen LogP contribution in [0.4, 0.5) is 0 Å². The SMILES string of the molecule is CCNC(=NCc1cccc(-c2ccccn2)c1)NCc1ccccc1OC. The Labute approximate surface area is 166 Å². The number of aromatic nitrogens is 1. The second-order valence-corrected chi connectivity index (χ2v) is 6.28. The molecule has 0 aliphatic rings. The van der Waals surface area contributed by atoms with Gasteiger partial charge in [0, 0.05) is 30.4 Å². The summed E-state index contributed by atoms with van der Waals surface area (Å²) < 4.78 is 5.42. The van der Waals surface area contributed by atoms with Crippen molar-refractivity contribution in [1.82, 2.24) is 15.6 Å². The first-order valence-corrected chi connectivity index (χ1v) is 9.44. The fourth-order valence-electron chi connectivity index (χ4n) is 2.90. The Kier molecular flexibility index (Phi) is 7.01. The van der Waals surface area contributed by atoms with Crippen molar-refractivity contribution in [1.29, 1.82) is 0 Å². The van der Waals surface area contributed by atoms with E-state index in [4.69, 9.17) is 9.73 Å². The van der Waals surface area contributed by atoms with E-state index in [2.05, 4.69) is 40.7 Å². The molecule has 0 unspecified atom stereocenters. The van der Waals surface area contributed by atoms with Crippen LogP contribution in [0, 0.1) is 0 Å². The summed E-state index contributed by atoms with van der Waals surface area (Å²) in [4.78, 5) is 9.14. The van der Waals surface area contributed by atoms with Crippen LogP contribution in [-0.2, 0) is 13.1 Å². The molecule has 5 nitrogen and oxygen atoms in total. The van der Waals surface area contributed by atoms with E-state index in [0.29, 0.717) is 13.1 Å². The highest BCUT2D eigenvalue weighted by atomic mass is 16.5. The Balaban J connectivity index is 1.69. The Morgan fingerprint density at radius 3 is 2.64 bits per heavy atom. The van der Waals surface area contributed by atoms with Crippen molar-refractivity contribution in [2.45, 2.75) is 20.0 Å². The van der Waals surface area contributed by atoms with Gasteiger partial charge >= 0.3 is 0 Å². The molecule has 0 saturated heterocycles. The molecule has 2 aromatic carbocycles. The van der Waals surface area contributed by atoms with Gasteiger partial charge in [-0.1, -0.05) is 42.5 Å². The average molecular weight is 374 g/mol. The van der Waals surface area contributed by atoms with Crippen LogP contribution in [0.25, 0.3) is 11.3 Å². The van der Waals surface area contributed by atoms with Crippen molar-refractivity contribution < 1.29 is 4.74 Å². The van der Waals surface area contributed by atoms with Gasteiger partial charge in [-0.2, -0.15) is 0 Å². The summed E-state index contributed by atoms with van der Waals surface area (Å²) in [5, 5.41) is 6.67. The normalized spacial score (nSPS) is 11.1. The van der Waals surface area contributed by atoms with Crippen LogP contribution < -0.4 is 15.4 Å². The van der Waals surface area contributed by atoms with E-state index in [1.807, 2.05) is 54.7 Å². The highest BCUT2D eigenvalue weighted by molar-refractivity contribution is 5.79. The summed E-state index contributed by atoms with van der Waals surface area (Å²) >= 11 is 0. The molecule has 0 radical (unpaired) electrons. The third-order valence-electron chi connectivity index (χ3n) is 4.29. The first kappa shape index (κ1) is 19.4. The second kappa shape index (κ2) is 10.1. The van der Waals surface area contributed by atoms with Gasteiger partial charge < -0.3 is 15.4 Å². The van der Waals surface area contributed by atoms with E-state index in [-0.39, 0.29) is 0 Å². The van der Waals surface area contributed by atoms with Gasteiger partial charge in [0.25, 0.3) is 0 Å². The molecular formula is C23H26N4O. The number of pyridine rings is 1. The lowest BCUT2D eigenvalue weighted by atomic mass is 10.1. The molecule has 0 spiro atoms. The monoisotopic (exact) mass is 374 g/mol. The van der Waals surface area contributed by atoms with Gasteiger partial charge in [0.05, 0.1) is 19.3 Å². The van der Waals surface area contributed by atoms with Crippen LogP contribution in [0.3, 0.4) is 0 Å². The van der Waals surface area contributed by atoms with Crippen LogP contribution >= 0.6 is 0 Å². The molecule has 0 saturated carbocycles. The number of nitrogens with one attached hydrogen (secondary N) is 2. The fraction of sp³-hybridized carbons (Fsp3) is 0.217. The number of benzene rings is 2. The van der Waals surface area contributed by atoms with Gasteiger partial charge in [-0.15, -0.1) is 0 Å². The van der Waals surface area contributed by atoms with Crippen molar-refractivity contribution in [3.63, 3.8) is 0 Å². The first-order valence-electron chi connectivity index (χ1n) is 9.44. The van der Waals surface area contributed by atoms with E-state index in [9.17, 15) is 0 Å². The Bertz CT molecular complexity index is 909. The number of rotatable bonds is 7. The Hall–Kier alpha value is -3.34. The molecule has 2 N–H and O–H groups in total. The predicted molar refractivity (Wildman–Crippen MR) is 114 cm³/mol. The Morgan fingerprint density at radius 1 is 1.00 bits per heavy atom. The van der Waals surface area contributed by atoms with Crippen molar-refractivity contribution in [3.05, 3.63) is 84.1 Å². The van der Waals surface area contributed by atoms with Gasteiger partial charge in [-0.05, 0) is 36.8 Å². The molecule has 0 atom stereocenters. The minimum Gasteiger partial charge on any atom is -0.496 e. The van der Waals surface area contributed by atoms with Gasteiger partial charge in [-0.25, -0.2) is 4.99 Å². The smallest absolute Gasteiger partial charge is 0.191 e. The summed E-state index contributed by atoms with van der Waals surface area (Å²) in [5.74, 6) is 1.64.